The summed E-state index contributed by atoms with van der Waals surface area (Å²) in [5.41, 5.74) is 5.35. The highest BCUT2D eigenvalue weighted by molar-refractivity contribution is 5.53. The first-order valence-electron chi connectivity index (χ1n) is 7.29. The Kier molecular flexibility index (Phi) is 4.03. The monoisotopic (exact) mass is 267 g/mol. The second-order valence-electron chi connectivity index (χ2n) is 5.38. The van der Waals surface area contributed by atoms with Crippen molar-refractivity contribution in [3.8, 4) is 0 Å². The van der Waals surface area contributed by atoms with Gasteiger partial charge in [0.15, 0.2) is 0 Å². The summed E-state index contributed by atoms with van der Waals surface area (Å²) in [6, 6.07) is 17.6. The molecular formula is C18H21NO. The molecule has 3 rings (SSSR count). The molecule has 104 valence electrons. The molecule has 20 heavy (non-hydrogen) atoms. The Labute approximate surface area is 120 Å². The molecule has 2 aromatic rings. The van der Waals surface area contributed by atoms with Crippen molar-refractivity contribution < 1.29 is 4.74 Å². The summed E-state index contributed by atoms with van der Waals surface area (Å²) < 4.78 is 5.29. The molecule has 0 fully saturated rings. The fraction of sp³-hybridized carbons (Fsp3) is 0.333. The molecular weight excluding hydrogens is 246 g/mol. The lowest BCUT2D eigenvalue weighted by Gasteiger charge is -2.28. The number of hydrogen-bond acceptors (Lipinski definition) is 2. The van der Waals surface area contributed by atoms with Gasteiger partial charge < -0.3 is 10.1 Å². The zero-order chi connectivity index (χ0) is 13.8. The van der Waals surface area contributed by atoms with Crippen molar-refractivity contribution in [3.05, 3.63) is 65.2 Å². The van der Waals surface area contributed by atoms with Crippen LogP contribution >= 0.6 is 0 Å². The zero-order valence-corrected chi connectivity index (χ0v) is 11.9. The largest absolute Gasteiger partial charge is 0.380 e. The third-order valence-corrected chi connectivity index (χ3v) is 4.02. The van der Waals surface area contributed by atoms with Crippen LogP contribution < -0.4 is 5.32 Å². The van der Waals surface area contributed by atoms with E-state index >= 15 is 0 Å². The van der Waals surface area contributed by atoms with Crippen LogP contribution in [0.1, 0.15) is 35.6 Å². The second-order valence-corrected chi connectivity index (χ2v) is 5.38. The van der Waals surface area contributed by atoms with E-state index in [-0.39, 0.29) is 0 Å². The summed E-state index contributed by atoms with van der Waals surface area (Å²) in [7, 11) is 1.74. The van der Waals surface area contributed by atoms with Gasteiger partial charge in [-0.2, -0.15) is 0 Å². The van der Waals surface area contributed by atoms with Gasteiger partial charge in [-0.05, 0) is 36.5 Å². The van der Waals surface area contributed by atoms with Gasteiger partial charge in [0.25, 0.3) is 0 Å². The summed E-state index contributed by atoms with van der Waals surface area (Å²) in [6.45, 7) is 0.650. The van der Waals surface area contributed by atoms with E-state index in [0.29, 0.717) is 12.6 Å². The smallest absolute Gasteiger partial charge is 0.0733 e. The normalized spacial score (nSPS) is 17.6. The minimum Gasteiger partial charge on any atom is -0.380 e. The Balaban J connectivity index is 1.86. The number of benzene rings is 2. The Hall–Kier alpha value is -1.80. The minimum absolute atomic E-state index is 0.415. The molecule has 1 aliphatic rings. The Morgan fingerprint density at radius 1 is 1.10 bits per heavy atom. The predicted octanol–water partition coefficient (Wildman–Crippen LogP) is 4.32. The summed E-state index contributed by atoms with van der Waals surface area (Å²) >= 11 is 0. The van der Waals surface area contributed by atoms with Crippen LogP contribution in [0.3, 0.4) is 0 Å². The quantitative estimate of drug-likeness (QED) is 0.890. The van der Waals surface area contributed by atoms with E-state index in [4.69, 9.17) is 4.74 Å². The van der Waals surface area contributed by atoms with Gasteiger partial charge in [-0.1, -0.05) is 42.5 Å². The van der Waals surface area contributed by atoms with Crippen LogP contribution in [0.15, 0.2) is 48.5 Å². The Morgan fingerprint density at radius 2 is 1.90 bits per heavy atom. The third kappa shape index (κ3) is 2.70. The summed E-state index contributed by atoms with van der Waals surface area (Å²) in [6.07, 6.45) is 3.65. The number of para-hydroxylation sites is 1. The standard InChI is InChI=1S/C18H21NO/c1-20-13-15-8-3-5-11-17(15)19-18-12-6-9-14-7-2-4-10-16(14)18/h2-5,7-8,10-11,18-19H,6,9,12-13H2,1H3. The second kappa shape index (κ2) is 6.10. The van der Waals surface area contributed by atoms with Gasteiger partial charge in [-0.25, -0.2) is 0 Å². The van der Waals surface area contributed by atoms with Gasteiger partial charge in [0.2, 0.25) is 0 Å². The Morgan fingerprint density at radius 3 is 2.80 bits per heavy atom. The van der Waals surface area contributed by atoms with Crippen molar-refractivity contribution in [2.24, 2.45) is 0 Å². The highest BCUT2D eigenvalue weighted by atomic mass is 16.5. The molecule has 0 saturated carbocycles. The van der Waals surface area contributed by atoms with E-state index in [1.54, 1.807) is 7.11 Å². The van der Waals surface area contributed by atoms with Gasteiger partial charge in [-0.15, -0.1) is 0 Å². The number of aryl methyl sites for hydroxylation is 1. The first-order chi connectivity index (χ1) is 9.88. The number of ether oxygens (including phenoxy) is 1. The van der Waals surface area contributed by atoms with Gasteiger partial charge in [-0.3, -0.25) is 0 Å². The van der Waals surface area contributed by atoms with Gasteiger partial charge in [0.1, 0.15) is 0 Å². The van der Waals surface area contributed by atoms with Crippen molar-refractivity contribution in [2.75, 3.05) is 12.4 Å². The van der Waals surface area contributed by atoms with Crippen molar-refractivity contribution >= 4 is 5.69 Å². The maximum atomic E-state index is 5.29. The average Bonchev–Trinajstić information content (AvgIpc) is 2.50. The highest BCUT2D eigenvalue weighted by Gasteiger charge is 2.20. The molecule has 2 nitrogen and oxygen atoms in total. The number of hydrogen-bond donors (Lipinski definition) is 1. The molecule has 2 heteroatoms. The number of fused-ring (bicyclic) bond motifs is 1. The van der Waals surface area contributed by atoms with Crippen molar-refractivity contribution in [1.82, 2.24) is 0 Å². The molecule has 1 aliphatic carbocycles. The van der Waals surface area contributed by atoms with Crippen LogP contribution in [-0.2, 0) is 17.8 Å². The van der Waals surface area contributed by atoms with Crippen molar-refractivity contribution in [3.63, 3.8) is 0 Å². The highest BCUT2D eigenvalue weighted by Crippen LogP contribution is 2.33. The molecule has 0 aliphatic heterocycles. The van der Waals surface area contributed by atoms with E-state index < -0.39 is 0 Å². The number of rotatable bonds is 4. The fourth-order valence-corrected chi connectivity index (χ4v) is 3.03. The first kappa shape index (κ1) is 13.2. The predicted molar refractivity (Wildman–Crippen MR) is 82.9 cm³/mol. The van der Waals surface area contributed by atoms with Crippen molar-refractivity contribution in [2.45, 2.75) is 31.9 Å². The lowest BCUT2D eigenvalue weighted by atomic mass is 9.87. The average molecular weight is 267 g/mol. The van der Waals surface area contributed by atoms with Crippen LogP contribution in [0.5, 0.6) is 0 Å². The van der Waals surface area contributed by atoms with Crippen LogP contribution in [0.4, 0.5) is 5.69 Å². The SMILES string of the molecule is COCc1ccccc1NC1CCCc2ccccc21. The molecule has 0 spiro atoms. The fourth-order valence-electron chi connectivity index (χ4n) is 3.03. The third-order valence-electron chi connectivity index (χ3n) is 4.02. The lowest BCUT2D eigenvalue weighted by Crippen LogP contribution is -2.18. The molecule has 0 bridgehead atoms. The topological polar surface area (TPSA) is 21.3 Å². The molecule has 0 amide bonds. The van der Waals surface area contributed by atoms with Crippen LogP contribution in [0.25, 0.3) is 0 Å². The van der Waals surface area contributed by atoms with Gasteiger partial charge >= 0.3 is 0 Å². The molecule has 1 atom stereocenters. The van der Waals surface area contributed by atoms with Crippen LogP contribution in [0.2, 0.25) is 0 Å². The van der Waals surface area contributed by atoms with Crippen molar-refractivity contribution in [1.29, 1.82) is 0 Å². The molecule has 1 N–H and O–H groups in total. The van der Waals surface area contributed by atoms with E-state index in [2.05, 4.69) is 53.8 Å². The molecule has 0 aromatic heterocycles. The van der Waals surface area contributed by atoms with E-state index in [9.17, 15) is 0 Å². The van der Waals surface area contributed by atoms with Crippen LogP contribution in [-0.4, -0.2) is 7.11 Å². The summed E-state index contributed by atoms with van der Waals surface area (Å²) in [4.78, 5) is 0. The van der Waals surface area contributed by atoms with Crippen LogP contribution in [0, 0.1) is 0 Å². The first-order valence-corrected chi connectivity index (χ1v) is 7.29. The number of anilines is 1. The van der Waals surface area contributed by atoms with E-state index in [1.165, 1.54) is 41.6 Å². The molecule has 0 radical (unpaired) electrons. The Bertz CT molecular complexity index is 579. The molecule has 0 heterocycles. The van der Waals surface area contributed by atoms with E-state index in [1.807, 2.05) is 0 Å². The minimum atomic E-state index is 0.415. The number of nitrogens with one attached hydrogen (secondary N) is 1. The maximum absolute atomic E-state index is 5.29. The zero-order valence-electron chi connectivity index (χ0n) is 11.9. The number of methoxy groups -OCH3 is 1. The molecule has 2 aromatic carbocycles. The maximum Gasteiger partial charge on any atom is 0.0733 e. The van der Waals surface area contributed by atoms with Gasteiger partial charge in [0.05, 0.1) is 12.6 Å². The summed E-state index contributed by atoms with van der Waals surface area (Å²) in [5.74, 6) is 0. The molecule has 0 saturated heterocycles. The molecule has 1 unspecified atom stereocenters. The summed E-state index contributed by atoms with van der Waals surface area (Å²) in [5, 5.41) is 3.71. The van der Waals surface area contributed by atoms with Gasteiger partial charge in [0, 0.05) is 18.4 Å². The lowest BCUT2D eigenvalue weighted by molar-refractivity contribution is 0.185. The van der Waals surface area contributed by atoms with E-state index in [0.717, 1.165) is 0 Å².